The van der Waals surface area contributed by atoms with Gasteiger partial charge in [0.05, 0.1) is 0 Å². The van der Waals surface area contributed by atoms with Crippen molar-refractivity contribution in [3.05, 3.63) is 41.0 Å². The molecular weight excluding hydrogens is 172 g/mol. The molecule has 0 amide bonds. The minimum Gasteiger partial charge on any atom is -0.295 e. The molecule has 0 saturated carbocycles. The second-order valence-electron chi connectivity index (χ2n) is 3.89. The van der Waals surface area contributed by atoms with Crippen molar-refractivity contribution >= 4 is 11.4 Å². The summed E-state index contributed by atoms with van der Waals surface area (Å²) in [7, 11) is 0. The van der Waals surface area contributed by atoms with Gasteiger partial charge in [0.15, 0.2) is 5.78 Å². The first-order chi connectivity index (χ1) is 6.68. The van der Waals surface area contributed by atoms with Crippen molar-refractivity contribution < 1.29 is 4.79 Å². The smallest absolute Gasteiger partial charge is 0.159 e. The zero-order valence-corrected chi connectivity index (χ0v) is 8.63. The fourth-order valence-corrected chi connectivity index (χ4v) is 1.80. The summed E-state index contributed by atoms with van der Waals surface area (Å²) in [5.41, 5.74) is 5.02. The van der Waals surface area contributed by atoms with E-state index in [1.807, 2.05) is 12.1 Å². The zero-order valence-electron chi connectivity index (χ0n) is 8.63. The van der Waals surface area contributed by atoms with E-state index >= 15 is 0 Å². The lowest BCUT2D eigenvalue weighted by atomic mass is 9.84. The van der Waals surface area contributed by atoms with Gasteiger partial charge in [-0.2, -0.15) is 0 Å². The fraction of sp³-hybridized carbons (Fsp3) is 0.308. The van der Waals surface area contributed by atoms with E-state index in [1.165, 1.54) is 29.6 Å². The van der Waals surface area contributed by atoms with Crippen LogP contribution in [0.2, 0.25) is 0 Å². The van der Waals surface area contributed by atoms with Gasteiger partial charge in [-0.15, -0.1) is 0 Å². The Balaban J connectivity index is 2.31. The largest absolute Gasteiger partial charge is 0.295 e. The minimum atomic E-state index is 0.135. The molecule has 0 fully saturated rings. The van der Waals surface area contributed by atoms with E-state index in [1.54, 1.807) is 6.92 Å². The number of hydrogen-bond acceptors (Lipinski definition) is 1. The van der Waals surface area contributed by atoms with E-state index in [0.29, 0.717) is 0 Å². The van der Waals surface area contributed by atoms with Gasteiger partial charge in [0.25, 0.3) is 0 Å². The van der Waals surface area contributed by atoms with Gasteiger partial charge in [-0.1, -0.05) is 29.8 Å². The van der Waals surface area contributed by atoms with Crippen LogP contribution < -0.4 is 0 Å². The lowest BCUT2D eigenvalue weighted by Crippen LogP contribution is -2.00. The summed E-state index contributed by atoms with van der Waals surface area (Å²) in [5, 5.41) is 0. The normalized spacial score (nSPS) is 15.3. The molecule has 0 saturated heterocycles. The first-order valence-electron chi connectivity index (χ1n) is 4.98. The molecule has 0 N–H and O–H groups in total. The average Bonchev–Trinajstić information content (AvgIpc) is 2.16. The van der Waals surface area contributed by atoms with Crippen molar-refractivity contribution in [2.45, 2.75) is 26.7 Å². The molecule has 1 aromatic rings. The molecule has 0 radical (unpaired) electrons. The summed E-state index contributed by atoms with van der Waals surface area (Å²) in [6.07, 6.45) is 2.41. The van der Waals surface area contributed by atoms with Crippen LogP contribution in [0.4, 0.5) is 0 Å². The first-order valence-corrected chi connectivity index (χ1v) is 4.98. The van der Waals surface area contributed by atoms with Gasteiger partial charge in [0.1, 0.15) is 0 Å². The molecule has 0 unspecified atom stereocenters. The Hall–Kier alpha value is -1.37. The highest BCUT2D eigenvalue weighted by molar-refractivity contribution is 5.94. The van der Waals surface area contributed by atoms with Crippen LogP contribution in [0.3, 0.4) is 0 Å². The molecule has 0 heterocycles. The van der Waals surface area contributed by atoms with Crippen LogP contribution in [0, 0.1) is 0 Å². The highest BCUT2D eigenvalue weighted by atomic mass is 16.1. The maximum Gasteiger partial charge on any atom is 0.159 e. The number of benzene rings is 1. The van der Waals surface area contributed by atoms with E-state index in [-0.39, 0.29) is 5.78 Å². The Morgan fingerprint density at radius 2 is 1.79 bits per heavy atom. The molecule has 1 aliphatic rings. The second kappa shape index (κ2) is 3.41. The van der Waals surface area contributed by atoms with Gasteiger partial charge >= 0.3 is 0 Å². The van der Waals surface area contributed by atoms with E-state index in [9.17, 15) is 4.79 Å². The topological polar surface area (TPSA) is 17.1 Å². The molecule has 1 aliphatic carbocycles. The molecule has 1 aromatic carbocycles. The van der Waals surface area contributed by atoms with Gasteiger partial charge in [-0.05, 0) is 37.8 Å². The summed E-state index contributed by atoms with van der Waals surface area (Å²) in [6, 6.07) is 7.93. The number of allylic oxidation sites excluding steroid dienone is 2. The third-order valence-electron chi connectivity index (χ3n) is 2.91. The highest BCUT2D eigenvalue weighted by Gasteiger charge is 2.14. The van der Waals surface area contributed by atoms with E-state index in [2.05, 4.69) is 19.1 Å². The van der Waals surface area contributed by atoms with Crippen LogP contribution in [0.5, 0.6) is 0 Å². The third-order valence-corrected chi connectivity index (χ3v) is 2.91. The molecule has 14 heavy (non-hydrogen) atoms. The van der Waals surface area contributed by atoms with Crippen LogP contribution in [-0.4, -0.2) is 5.78 Å². The third kappa shape index (κ3) is 1.50. The molecule has 0 atom stereocenters. The van der Waals surface area contributed by atoms with Crippen molar-refractivity contribution in [3.63, 3.8) is 0 Å². The summed E-state index contributed by atoms with van der Waals surface area (Å²) in [6.45, 7) is 3.78. The highest BCUT2D eigenvalue weighted by Crippen LogP contribution is 2.35. The van der Waals surface area contributed by atoms with Crippen LogP contribution in [-0.2, 0) is 0 Å². The van der Waals surface area contributed by atoms with Crippen molar-refractivity contribution in [1.29, 1.82) is 0 Å². The van der Waals surface area contributed by atoms with Crippen LogP contribution in [0.1, 0.15) is 42.6 Å². The molecule has 1 heteroatoms. The van der Waals surface area contributed by atoms with Crippen molar-refractivity contribution in [2.75, 3.05) is 0 Å². The Bertz CT molecular complexity index is 396. The lowest BCUT2D eigenvalue weighted by Gasteiger charge is -2.21. The maximum atomic E-state index is 11.1. The number of rotatable bonds is 2. The van der Waals surface area contributed by atoms with Crippen LogP contribution >= 0.6 is 0 Å². The Labute approximate surface area is 84.5 Å². The molecule has 0 spiro atoms. The van der Waals surface area contributed by atoms with E-state index in [0.717, 1.165) is 5.56 Å². The zero-order chi connectivity index (χ0) is 10.1. The maximum absolute atomic E-state index is 11.1. The second-order valence-corrected chi connectivity index (χ2v) is 3.89. The number of Topliss-reactive ketones (excluding diaryl/α,β-unsaturated/α-hetero) is 1. The summed E-state index contributed by atoms with van der Waals surface area (Å²) in [5.74, 6) is 0.135. The number of carbonyl (C=O) groups is 1. The Kier molecular flexibility index (Phi) is 2.24. The lowest BCUT2D eigenvalue weighted by molar-refractivity contribution is 0.101. The number of hydrogen-bond donors (Lipinski definition) is 0. The van der Waals surface area contributed by atoms with Gasteiger partial charge in [0.2, 0.25) is 0 Å². The molecule has 2 rings (SSSR count). The van der Waals surface area contributed by atoms with Gasteiger partial charge in [-0.3, -0.25) is 4.79 Å². The van der Waals surface area contributed by atoms with Crippen LogP contribution in [0.25, 0.3) is 5.57 Å². The summed E-state index contributed by atoms with van der Waals surface area (Å²) < 4.78 is 0. The average molecular weight is 186 g/mol. The van der Waals surface area contributed by atoms with Crippen LogP contribution in [0.15, 0.2) is 29.8 Å². The van der Waals surface area contributed by atoms with Crippen molar-refractivity contribution in [3.8, 4) is 0 Å². The van der Waals surface area contributed by atoms with Gasteiger partial charge in [0, 0.05) is 5.56 Å². The standard InChI is InChI=1S/C13H14O/c1-9-3-8-13(9)12-6-4-11(5-7-12)10(2)14/h4-7H,3,8H2,1-2H3. The summed E-state index contributed by atoms with van der Waals surface area (Å²) >= 11 is 0. The predicted octanol–water partition coefficient (Wildman–Crippen LogP) is 3.46. The first kappa shape index (κ1) is 9.20. The molecule has 72 valence electrons. The summed E-state index contributed by atoms with van der Waals surface area (Å²) in [4.78, 5) is 11.1. The van der Waals surface area contributed by atoms with E-state index < -0.39 is 0 Å². The van der Waals surface area contributed by atoms with Gasteiger partial charge < -0.3 is 0 Å². The molecule has 0 aromatic heterocycles. The monoisotopic (exact) mass is 186 g/mol. The molecule has 0 bridgehead atoms. The molecular formula is C13H14O. The van der Waals surface area contributed by atoms with Gasteiger partial charge in [-0.25, -0.2) is 0 Å². The quantitative estimate of drug-likeness (QED) is 0.646. The number of carbonyl (C=O) groups excluding carboxylic acids is 1. The fourth-order valence-electron chi connectivity index (χ4n) is 1.80. The van der Waals surface area contributed by atoms with Crippen molar-refractivity contribution in [1.82, 2.24) is 0 Å². The molecule has 0 aliphatic heterocycles. The molecule has 1 nitrogen and oxygen atoms in total. The van der Waals surface area contributed by atoms with Crippen molar-refractivity contribution in [2.24, 2.45) is 0 Å². The predicted molar refractivity (Wildman–Crippen MR) is 58.3 cm³/mol. The SMILES string of the molecule is CC(=O)c1ccc(C2=C(C)CC2)cc1. The Morgan fingerprint density at radius 3 is 2.14 bits per heavy atom. The number of ketones is 1. The van der Waals surface area contributed by atoms with E-state index in [4.69, 9.17) is 0 Å². The Morgan fingerprint density at radius 1 is 1.14 bits per heavy atom. The minimum absolute atomic E-state index is 0.135.